The molecule has 8 heteroatoms. The molecule has 0 N–H and O–H groups in total. The molecule has 1 aliphatic heterocycles. The van der Waals surface area contributed by atoms with Crippen LogP contribution in [0, 0.1) is 5.82 Å². The van der Waals surface area contributed by atoms with Crippen molar-refractivity contribution in [2.45, 2.75) is 31.3 Å². The fourth-order valence-electron chi connectivity index (χ4n) is 5.14. The van der Waals surface area contributed by atoms with Crippen LogP contribution >= 0.6 is 0 Å². The summed E-state index contributed by atoms with van der Waals surface area (Å²) in [6.07, 6.45) is 2.90. The number of methoxy groups -OCH3 is 1. The Labute approximate surface area is 207 Å². The van der Waals surface area contributed by atoms with Gasteiger partial charge >= 0.3 is 5.97 Å². The summed E-state index contributed by atoms with van der Waals surface area (Å²) in [6.45, 7) is 0.417. The average molecular weight is 489 g/mol. The van der Waals surface area contributed by atoms with E-state index < -0.39 is 6.10 Å². The molecule has 2 heterocycles. The Kier molecular flexibility index (Phi) is 5.51. The number of rotatable bonds is 6. The molecule has 184 valence electrons. The van der Waals surface area contributed by atoms with Gasteiger partial charge in [0.25, 0.3) is 0 Å². The van der Waals surface area contributed by atoms with Crippen LogP contribution in [0.25, 0.3) is 10.9 Å². The average Bonchev–Trinajstić information content (AvgIpc) is 3.59. The van der Waals surface area contributed by atoms with Crippen LogP contribution in [0.3, 0.4) is 0 Å². The standard InChI is InChI=1S/C28H25FN2O5/c1-31-23-8-4-18(11-16(23)14-30-31)35-24-10-7-22(29)28-21(24)6-9-25(28)36-19-3-5-20-17(12-27(32)33-2)15-34-26(20)13-19/h3-5,7-8,10-11,13-14,17,25H,6,9,12,15H2,1-2H3/t17-,25-/m1/s1. The molecule has 0 saturated heterocycles. The monoisotopic (exact) mass is 488 g/mol. The number of fused-ring (bicyclic) bond motifs is 3. The molecule has 2 atom stereocenters. The molecule has 0 spiro atoms. The predicted molar refractivity (Wildman–Crippen MR) is 130 cm³/mol. The minimum Gasteiger partial charge on any atom is -0.492 e. The zero-order valence-corrected chi connectivity index (χ0v) is 20.0. The van der Waals surface area contributed by atoms with E-state index in [0.29, 0.717) is 48.0 Å². The number of carbonyl (C=O) groups is 1. The van der Waals surface area contributed by atoms with Crippen LogP contribution < -0.4 is 14.2 Å². The topological polar surface area (TPSA) is 71.8 Å². The highest BCUT2D eigenvalue weighted by molar-refractivity contribution is 5.80. The van der Waals surface area contributed by atoms with Crippen LogP contribution in [0.4, 0.5) is 4.39 Å². The Balaban J connectivity index is 1.22. The minimum absolute atomic E-state index is 0.0447. The smallest absolute Gasteiger partial charge is 0.306 e. The lowest BCUT2D eigenvalue weighted by Gasteiger charge is -2.17. The summed E-state index contributed by atoms with van der Waals surface area (Å²) in [6, 6.07) is 14.4. The highest BCUT2D eigenvalue weighted by atomic mass is 19.1. The maximum Gasteiger partial charge on any atom is 0.306 e. The van der Waals surface area contributed by atoms with Gasteiger partial charge in [0, 0.05) is 41.1 Å². The van der Waals surface area contributed by atoms with Gasteiger partial charge < -0.3 is 18.9 Å². The first-order valence-electron chi connectivity index (χ1n) is 11.9. The maximum atomic E-state index is 15.0. The number of ether oxygens (including phenoxy) is 4. The fraction of sp³-hybridized carbons (Fsp3) is 0.286. The Bertz CT molecular complexity index is 1480. The second-order valence-corrected chi connectivity index (χ2v) is 9.16. The van der Waals surface area contributed by atoms with Crippen molar-refractivity contribution < 1.29 is 28.1 Å². The SMILES string of the molecule is COC(=O)C[C@@H]1COc2cc(O[C@@H]3CCc4c(Oc5ccc6c(cnn6C)c5)ccc(F)c43)ccc21. The molecular weight excluding hydrogens is 463 g/mol. The van der Waals surface area contributed by atoms with E-state index in [1.807, 2.05) is 43.4 Å². The van der Waals surface area contributed by atoms with Gasteiger partial charge in [-0.3, -0.25) is 9.48 Å². The number of hydrogen-bond donors (Lipinski definition) is 0. The first-order valence-corrected chi connectivity index (χ1v) is 11.9. The van der Waals surface area contributed by atoms with Gasteiger partial charge in [-0.15, -0.1) is 0 Å². The van der Waals surface area contributed by atoms with E-state index in [4.69, 9.17) is 18.9 Å². The van der Waals surface area contributed by atoms with Crippen molar-refractivity contribution in [1.82, 2.24) is 9.78 Å². The molecule has 0 bridgehead atoms. The largest absolute Gasteiger partial charge is 0.492 e. The normalized spacial score (nSPS) is 18.0. The summed E-state index contributed by atoms with van der Waals surface area (Å²) < 4.78 is 39.8. The number of nitrogens with zero attached hydrogens (tertiary/aromatic N) is 2. The quantitative estimate of drug-likeness (QED) is 0.329. The van der Waals surface area contributed by atoms with E-state index in [1.165, 1.54) is 13.2 Å². The molecule has 1 aromatic heterocycles. The van der Waals surface area contributed by atoms with Crippen LogP contribution in [0.1, 0.15) is 41.6 Å². The molecule has 36 heavy (non-hydrogen) atoms. The van der Waals surface area contributed by atoms with E-state index in [0.717, 1.165) is 22.0 Å². The van der Waals surface area contributed by atoms with E-state index in [9.17, 15) is 9.18 Å². The van der Waals surface area contributed by atoms with Crippen molar-refractivity contribution >= 4 is 16.9 Å². The zero-order chi connectivity index (χ0) is 24.8. The summed E-state index contributed by atoms with van der Waals surface area (Å²) in [5, 5.41) is 5.25. The Hall–Kier alpha value is -4.07. The van der Waals surface area contributed by atoms with Gasteiger partial charge in [0.1, 0.15) is 34.9 Å². The minimum atomic E-state index is -0.435. The third-order valence-corrected chi connectivity index (χ3v) is 6.97. The summed E-state index contributed by atoms with van der Waals surface area (Å²) in [7, 11) is 3.27. The summed E-state index contributed by atoms with van der Waals surface area (Å²) in [5.41, 5.74) is 3.31. The van der Waals surface area contributed by atoms with Crippen molar-refractivity contribution in [1.29, 1.82) is 0 Å². The molecule has 1 aliphatic carbocycles. The van der Waals surface area contributed by atoms with Gasteiger partial charge in [0.15, 0.2) is 0 Å². The number of carbonyl (C=O) groups excluding carboxylic acids is 1. The third kappa shape index (κ3) is 3.92. The van der Waals surface area contributed by atoms with Gasteiger partial charge in [0.2, 0.25) is 0 Å². The lowest BCUT2D eigenvalue weighted by molar-refractivity contribution is -0.141. The van der Waals surface area contributed by atoms with Gasteiger partial charge in [-0.05, 0) is 49.2 Å². The molecule has 0 fully saturated rings. The molecular formula is C28H25FN2O5. The van der Waals surface area contributed by atoms with Crippen LogP contribution in [0.15, 0.2) is 54.7 Å². The van der Waals surface area contributed by atoms with Gasteiger partial charge in [-0.25, -0.2) is 4.39 Å². The number of halogens is 1. The number of hydrogen-bond acceptors (Lipinski definition) is 6. The van der Waals surface area contributed by atoms with Gasteiger partial charge in [-0.2, -0.15) is 5.10 Å². The Morgan fingerprint density at radius 3 is 2.89 bits per heavy atom. The number of benzene rings is 3. The third-order valence-electron chi connectivity index (χ3n) is 6.97. The van der Waals surface area contributed by atoms with Crippen molar-refractivity contribution in [2.24, 2.45) is 7.05 Å². The van der Waals surface area contributed by atoms with E-state index in [2.05, 4.69) is 5.10 Å². The van der Waals surface area contributed by atoms with Crippen molar-refractivity contribution in [2.75, 3.05) is 13.7 Å². The molecule has 0 unspecified atom stereocenters. The second-order valence-electron chi connectivity index (χ2n) is 9.16. The number of esters is 1. The Morgan fingerprint density at radius 1 is 1.17 bits per heavy atom. The highest BCUT2D eigenvalue weighted by Crippen LogP contribution is 2.44. The summed E-state index contributed by atoms with van der Waals surface area (Å²) in [4.78, 5) is 11.7. The molecule has 2 aliphatic rings. The van der Waals surface area contributed by atoms with E-state index >= 15 is 0 Å². The van der Waals surface area contributed by atoms with Crippen molar-refractivity contribution in [3.8, 4) is 23.0 Å². The lowest BCUT2D eigenvalue weighted by Crippen LogP contribution is -2.09. The van der Waals surface area contributed by atoms with Gasteiger partial charge in [-0.1, -0.05) is 6.07 Å². The maximum absolute atomic E-state index is 15.0. The van der Waals surface area contributed by atoms with E-state index in [-0.39, 0.29) is 24.1 Å². The van der Waals surface area contributed by atoms with Crippen LogP contribution in [-0.2, 0) is 23.0 Å². The molecule has 0 saturated carbocycles. The molecule has 7 nitrogen and oxygen atoms in total. The van der Waals surface area contributed by atoms with Gasteiger partial charge in [0.05, 0.1) is 31.9 Å². The van der Waals surface area contributed by atoms with Crippen LogP contribution in [0.2, 0.25) is 0 Å². The molecule has 4 aromatic rings. The predicted octanol–water partition coefficient (Wildman–Crippen LogP) is 5.61. The lowest BCUT2D eigenvalue weighted by atomic mass is 9.98. The summed E-state index contributed by atoms with van der Waals surface area (Å²) in [5.74, 6) is 1.96. The number of aromatic nitrogens is 2. The van der Waals surface area contributed by atoms with Crippen LogP contribution in [0.5, 0.6) is 23.0 Å². The van der Waals surface area contributed by atoms with Crippen LogP contribution in [-0.4, -0.2) is 29.5 Å². The van der Waals surface area contributed by atoms with Crippen molar-refractivity contribution in [3.05, 3.63) is 77.2 Å². The second kappa shape index (κ2) is 8.86. The van der Waals surface area contributed by atoms with Crippen molar-refractivity contribution in [3.63, 3.8) is 0 Å². The number of aryl methyl sites for hydroxylation is 1. The zero-order valence-electron chi connectivity index (χ0n) is 20.0. The summed E-state index contributed by atoms with van der Waals surface area (Å²) >= 11 is 0. The van der Waals surface area contributed by atoms with E-state index in [1.54, 1.807) is 16.9 Å². The fourth-order valence-corrected chi connectivity index (χ4v) is 5.14. The molecule has 0 amide bonds. The first-order chi connectivity index (χ1) is 17.5. The molecule has 3 aromatic carbocycles. The molecule has 0 radical (unpaired) electrons. The Morgan fingerprint density at radius 2 is 2.03 bits per heavy atom. The highest BCUT2D eigenvalue weighted by Gasteiger charge is 2.32. The first kappa shape index (κ1) is 22.4. The molecule has 6 rings (SSSR count).